The molecule has 3 amide bonds. The first-order valence-corrected chi connectivity index (χ1v) is 8.81. The van der Waals surface area contributed by atoms with Crippen LogP contribution in [-0.4, -0.2) is 47.4 Å². The van der Waals surface area contributed by atoms with Crippen molar-refractivity contribution in [3.05, 3.63) is 57.3 Å². The molecule has 2 aromatic rings. The van der Waals surface area contributed by atoms with Crippen molar-refractivity contribution in [1.29, 1.82) is 0 Å². The lowest BCUT2D eigenvalue weighted by Gasteiger charge is -2.31. The Morgan fingerprint density at radius 2 is 1.88 bits per heavy atom. The number of carbonyl (C=O) groups is 2. The lowest BCUT2D eigenvalue weighted by atomic mass is 9.97. The monoisotopic (exact) mass is 392 g/mol. The summed E-state index contributed by atoms with van der Waals surface area (Å²) < 4.78 is 0. The maximum absolute atomic E-state index is 12.8. The Kier molecular flexibility index (Phi) is 5.34. The van der Waals surface area contributed by atoms with Gasteiger partial charge in [0.2, 0.25) is 0 Å². The zero-order chi connectivity index (χ0) is 18.8. The molecular formula is C18H18Cl2N4O2. The van der Waals surface area contributed by atoms with Gasteiger partial charge in [-0.3, -0.25) is 9.78 Å². The summed E-state index contributed by atoms with van der Waals surface area (Å²) in [7, 11) is 3.43. The lowest BCUT2D eigenvalue weighted by molar-refractivity contribution is 0.102. The van der Waals surface area contributed by atoms with Crippen LogP contribution >= 0.6 is 23.2 Å². The van der Waals surface area contributed by atoms with Gasteiger partial charge in [-0.15, -0.1) is 0 Å². The number of nitrogens with one attached hydrogen (secondary N) is 1. The van der Waals surface area contributed by atoms with E-state index in [0.29, 0.717) is 40.8 Å². The topological polar surface area (TPSA) is 65.5 Å². The van der Waals surface area contributed by atoms with Gasteiger partial charge in [-0.2, -0.15) is 0 Å². The van der Waals surface area contributed by atoms with Crippen molar-refractivity contribution in [2.75, 3.05) is 26.0 Å². The standard InChI is InChI=1S/C18H18Cl2N4O2/c1-23(2)18(26)24-7-6-12-11(10-24)8-21-9-13(12)17(25)22-16-14(19)4-3-5-15(16)20/h3-5,8-9H,6-7,10H2,1-2H3,(H,22,25). The molecule has 0 atom stereocenters. The largest absolute Gasteiger partial charge is 0.331 e. The average Bonchev–Trinajstić information content (AvgIpc) is 2.63. The van der Waals surface area contributed by atoms with Crippen molar-refractivity contribution in [3.8, 4) is 0 Å². The number of rotatable bonds is 2. The Morgan fingerprint density at radius 1 is 1.19 bits per heavy atom. The second kappa shape index (κ2) is 7.51. The number of hydrogen-bond acceptors (Lipinski definition) is 3. The first kappa shape index (κ1) is 18.5. The van der Waals surface area contributed by atoms with Crippen molar-refractivity contribution in [2.24, 2.45) is 0 Å². The number of anilines is 1. The number of para-hydroxylation sites is 1. The zero-order valence-electron chi connectivity index (χ0n) is 14.4. The highest BCUT2D eigenvalue weighted by Crippen LogP contribution is 2.31. The summed E-state index contributed by atoms with van der Waals surface area (Å²) >= 11 is 12.2. The smallest absolute Gasteiger partial charge is 0.319 e. The van der Waals surface area contributed by atoms with Gasteiger partial charge in [0.1, 0.15) is 0 Å². The fourth-order valence-electron chi connectivity index (χ4n) is 2.93. The van der Waals surface area contributed by atoms with Crippen molar-refractivity contribution in [2.45, 2.75) is 13.0 Å². The van der Waals surface area contributed by atoms with E-state index >= 15 is 0 Å². The molecule has 8 heteroatoms. The van der Waals surface area contributed by atoms with Crippen molar-refractivity contribution in [3.63, 3.8) is 0 Å². The molecule has 0 saturated carbocycles. The van der Waals surface area contributed by atoms with Crippen LogP contribution < -0.4 is 5.32 Å². The summed E-state index contributed by atoms with van der Waals surface area (Å²) in [4.78, 5) is 32.4. The Labute approximate surface area is 161 Å². The van der Waals surface area contributed by atoms with Crippen LogP contribution in [0, 0.1) is 0 Å². The SMILES string of the molecule is CN(C)C(=O)N1CCc2c(cncc2C(=O)Nc2c(Cl)cccc2Cl)C1. The minimum Gasteiger partial charge on any atom is -0.331 e. The molecule has 26 heavy (non-hydrogen) atoms. The van der Waals surface area contributed by atoms with Crippen LogP contribution in [0.25, 0.3) is 0 Å². The third-order valence-electron chi connectivity index (χ3n) is 4.24. The molecule has 1 aromatic carbocycles. The molecule has 0 aliphatic carbocycles. The van der Waals surface area contributed by atoms with E-state index in [9.17, 15) is 9.59 Å². The molecule has 1 N–H and O–H groups in total. The van der Waals surface area contributed by atoms with E-state index in [-0.39, 0.29) is 11.9 Å². The molecular weight excluding hydrogens is 375 g/mol. The van der Waals surface area contributed by atoms with Gasteiger partial charge in [0, 0.05) is 39.6 Å². The molecule has 0 bridgehead atoms. The minimum atomic E-state index is -0.322. The highest BCUT2D eigenvalue weighted by molar-refractivity contribution is 6.40. The van der Waals surface area contributed by atoms with Gasteiger partial charge < -0.3 is 15.1 Å². The number of amides is 3. The van der Waals surface area contributed by atoms with Gasteiger partial charge in [-0.25, -0.2) is 4.79 Å². The maximum atomic E-state index is 12.8. The molecule has 2 heterocycles. The third kappa shape index (κ3) is 3.61. The Hall–Kier alpha value is -2.31. The van der Waals surface area contributed by atoms with E-state index in [1.807, 2.05) is 0 Å². The third-order valence-corrected chi connectivity index (χ3v) is 4.87. The van der Waals surface area contributed by atoms with E-state index in [0.717, 1.165) is 11.1 Å². The van der Waals surface area contributed by atoms with Crippen molar-refractivity contribution < 1.29 is 9.59 Å². The van der Waals surface area contributed by atoms with Crippen LogP contribution in [0.4, 0.5) is 10.5 Å². The Bertz CT molecular complexity index is 850. The van der Waals surface area contributed by atoms with Crippen LogP contribution in [0.1, 0.15) is 21.5 Å². The highest BCUT2D eigenvalue weighted by atomic mass is 35.5. The number of aromatic nitrogens is 1. The number of halogens is 2. The predicted molar refractivity (Wildman–Crippen MR) is 102 cm³/mol. The summed E-state index contributed by atoms with van der Waals surface area (Å²) in [6.07, 6.45) is 3.81. The number of fused-ring (bicyclic) bond motifs is 1. The van der Waals surface area contributed by atoms with E-state index < -0.39 is 0 Å². The Morgan fingerprint density at radius 3 is 2.54 bits per heavy atom. The second-order valence-electron chi connectivity index (χ2n) is 6.22. The molecule has 1 aliphatic rings. The van der Waals surface area contributed by atoms with Gasteiger partial charge in [0.15, 0.2) is 0 Å². The summed E-state index contributed by atoms with van der Waals surface area (Å²) in [5.74, 6) is -0.322. The van der Waals surface area contributed by atoms with Crippen LogP contribution in [-0.2, 0) is 13.0 Å². The number of hydrogen-bond donors (Lipinski definition) is 1. The Balaban J connectivity index is 1.86. The highest BCUT2D eigenvalue weighted by Gasteiger charge is 2.26. The van der Waals surface area contributed by atoms with Gasteiger partial charge in [-0.05, 0) is 29.7 Å². The maximum Gasteiger partial charge on any atom is 0.319 e. The quantitative estimate of drug-likeness (QED) is 0.847. The summed E-state index contributed by atoms with van der Waals surface area (Å²) in [6, 6.07) is 4.97. The first-order chi connectivity index (χ1) is 12.4. The normalized spacial score (nSPS) is 13.2. The van der Waals surface area contributed by atoms with Gasteiger partial charge in [0.25, 0.3) is 5.91 Å². The molecule has 136 valence electrons. The lowest BCUT2D eigenvalue weighted by Crippen LogP contribution is -2.42. The van der Waals surface area contributed by atoms with Crippen LogP contribution in [0.15, 0.2) is 30.6 Å². The molecule has 0 unspecified atom stereocenters. The van der Waals surface area contributed by atoms with Crippen molar-refractivity contribution >= 4 is 40.8 Å². The number of benzene rings is 1. The number of pyridine rings is 1. The van der Waals surface area contributed by atoms with Crippen LogP contribution in [0.2, 0.25) is 10.0 Å². The van der Waals surface area contributed by atoms with Gasteiger partial charge in [-0.1, -0.05) is 29.3 Å². The minimum absolute atomic E-state index is 0.0617. The molecule has 3 rings (SSSR count). The summed E-state index contributed by atoms with van der Waals surface area (Å²) in [5.41, 5.74) is 2.60. The molecule has 0 radical (unpaired) electrons. The number of nitrogens with zero attached hydrogens (tertiary/aromatic N) is 3. The molecule has 1 aromatic heterocycles. The fraction of sp³-hybridized carbons (Fsp3) is 0.278. The molecule has 6 nitrogen and oxygen atoms in total. The molecule has 0 fully saturated rings. The van der Waals surface area contributed by atoms with Crippen molar-refractivity contribution in [1.82, 2.24) is 14.8 Å². The summed E-state index contributed by atoms with van der Waals surface area (Å²) in [5, 5.41) is 3.50. The van der Waals surface area contributed by atoms with Crippen LogP contribution in [0.3, 0.4) is 0 Å². The van der Waals surface area contributed by atoms with E-state index in [1.165, 1.54) is 11.1 Å². The zero-order valence-corrected chi connectivity index (χ0v) is 15.9. The van der Waals surface area contributed by atoms with E-state index in [4.69, 9.17) is 23.2 Å². The molecule has 0 spiro atoms. The first-order valence-electron chi connectivity index (χ1n) is 8.06. The fourth-order valence-corrected chi connectivity index (χ4v) is 3.43. The van der Waals surface area contributed by atoms with Crippen LogP contribution in [0.5, 0.6) is 0 Å². The van der Waals surface area contributed by atoms with E-state index in [2.05, 4.69) is 10.3 Å². The van der Waals surface area contributed by atoms with E-state index in [1.54, 1.807) is 43.4 Å². The number of urea groups is 1. The molecule has 1 aliphatic heterocycles. The second-order valence-corrected chi connectivity index (χ2v) is 7.04. The number of carbonyl (C=O) groups excluding carboxylic acids is 2. The van der Waals surface area contributed by atoms with Gasteiger partial charge >= 0.3 is 6.03 Å². The average molecular weight is 393 g/mol. The summed E-state index contributed by atoms with van der Waals surface area (Å²) in [6.45, 7) is 0.967. The van der Waals surface area contributed by atoms with Gasteiger partial charge in [0.05, 0.1) is 21.3 Å². The molecule has 0 saturated heterocycles. The predicted octanol–water partition coefficient (Wildman–Crippen LogP) is 3.68.